The molecule has 0 aliphatic rings. The summed E-state index contributed by atoms with van der Waals surface area (Å²) >= 11 is 0. The lowest BCUT2D eigenvalue weighted by Crippen LogP contribution is -2.07. The Hall–Kier alpha value is -2.14. The van der Waals surface area contributed by atoms with E-state index < -0.39 is 5.97 Å². The summed E-state index contributed by atoms with van der Waals surface area (Å²) in [5.74, 6) is -0.985. The smallest absolute Gasteiger partial charge is 0.339 e. The first-order valence-electron chi connectivity index (χ1n) is 5.54. The summed E-state index contributed by atoms with van der Waals surface area (Å²) in [6.07, 6.45) is 1.34. The number of aromatic nitrogens is 2. The molecule has 0 radical (unpaired) electrons. The third-order valence-corrected chi connectivity index (χ3v) is 2.64. The van der Waals surface area contributed by atoms with E-state index in [9.17, 15) is 4.79 Å². The van der Waals surface area contributed by atoms with Gasteiger partial charge in [-0.15, -0.1) is 0 Å². The maximum absolute atomic E-state index is 11.0. The van der Waals surface area contributed by atoms with Crippen LogP contribution in [-0.4, -0.2) is 20.9 Å². The summed E-state index contributed by atoms with van der Waals surface area (Å²) in [5.41, 5.74) is 1.81. The molecule has 5 heteroatoms. The quantitative estimate of drug-likeness (QED) is 0.874. The van der Waals surface area contributed by atoms with Crippen LogP contribution in [0.3, 0.4) is 0 Å². The third kappa shape index (κ3) is 2.75. The highest BCUT2D eigenvalue weighted by Crippen LogP contribution is 2.10. The average molecular weight is 246 g/mol. The number of aromatic carboxylic acids is 1. The molecule has 0 amide bonds. The molecule has 1 aromatic heterocycles. The number of aryl methyl sites for hydroxylation is 1. The fourth-order valence-electron chi connectivity index (χ4n) is 1.65. The van der Waals surface area contributed by atoms with Crippen LogP contribution in [0.1, 0.15) is 21.6 Å². The van der Waals surface area contributed by atoms with Crippen molar-refractivity contribution in [3.63, 3.8) is 0 Å². The minimum atomic E-state index is -0.985. The molecule has 1 aromatic carbocycles. The Morgan fingerprint density at radius 1 is 1.33 bits per heavy atom. The van der Waals surface area contributed by atoms with Crippen LogP contribution in [-0.2, 0) is 25.0 Å². The molecule has 0 saturated heterocycles. The Bertz CT molecular complexity index is 534. The fourth-order valence-corrected chi connectivity index (χ4v) is 1.65. The van der Waals surface area contributed by atoms with Gasteiger partial charge in [0.15, 0.2) is 0 Å². The maximum Gasteiger partial charge on any atom is 0.339 e. The van der Waals surface area contributed by atoms with Crippen LogP contribution in [0.5, 0.6) is 0 Å². The van der Waals surface area contributed by atoms with Crippen LogP contribution in [0.2, 0.25) is 0 Å². The molecule has 0 atom stereocenters. The van der Waals surface area contributed by atoms with Gasteiger partial charge in [0.05, 0.1) is 25.1 Å². The Morgan fingerprint density at radius 3 is 2.72 bits per heavy atom. The number of rotatable bonds is 5. The van der Waals surface area contributed by atoms with Crippen molar-refractivity contribution in [2.75, 3.05) is 0 Å². The first kappa shape index (κ1) is 12.3. The molecule has 18 heavy (non-hydrogen) atoms. The molecule has 0 bridgehead atoms. The standard InChI is InChI=1S/C13H14N2O3/c1-15-12(11(7-14-15)13(16)17)9-18-8-10-5-3-2-4-6-10/h2-7H,8-9H2,1H3,(H,16,17). The molecule has 94 valence electrons. The lowest BCUT2D eigenvalue weighted by Gasteiger charge is -2.06. The Morgan fingerprint density at radius 2 is 2.06 bits per heavy atom. The van der Waals surface area contributed by atoms with Crippen molar-refractivity contribution in [2.24, 2.45) is 7.05 Å². The van der Waals surface area contributed by atoms with Gasteiger partial charge in [-0.25, -0.2) is 4.79 Å². The zero-order valence-corrected chi connectivity index (χ0v) is 10.0. The van der Waals surface area contributed by atoms with Crippen LogP contribution in [0.15, 0.2) is 36.5 Å². The lowest BCUT2D eigenvalue weighted by atomic mass is 10.2. The van der Waals surface area contributed by atoms with E-state index in [-0.39, 0.29) is 12.2 Å². The summed E-state index contributed by atoms with van der Waals surface area (Å²) < 4.78 is 7.03. The van der Waals surface area contributed by atoms with Gasteiger partial charge in [-0.3, -0.25) is 4.68 Å². The molecule has 0 spiro atoms. The van der Waals surface area contributed by atoms with Crippen LogP contribution in [0, 0.1) is 0 Å². The third-order valence-electron chi connectivity index (χ3n) is 2.64. The van der Waals surface area contributed by atoms with E-state index in [4.69, 9.17) is 9.84 Å². The second kappa shape index (κ2) is 5.46. The van der Waals surface area contributed by atoms with Crippen molar-refractivity contribution in [1.82, 2.24) is 9.78 Å². The summed E-state index contributed by atoms with van der Waals surface area (Å²) in [6, 6.07) is 9.73. The SMILES string of the molecule is Cn1ncc(C(=O)O)c1COCc1ccccc1. The number of benzene rings is 1. The van der Waals surface area contributed by atoms with Gasteiger partial charge in [0.1, 0.15) is 5.56 Å². The molecule has 1 heterocycles. The zero-order valence-electron chi connectivity index (χ0n) is 10.0. The van der Waals surface area contributed by atoms with E-state index in [1.54, 1.807) is 7.05 Å². The van der Waals surface area contributed by atoms with Crippen molar-refractivity contribution in [1.29, 1.82) is 0 Å². The van der Waals surface area contributed by atoms with Gasteiger partial charge in [0.2, 0.25) is 0 Å². The summed E-state index contributed by atoms with van der Waals surface area (Å²) in [4.78, 5) is 11.0. The van der Waals surface area contributed by atoms with E-state index in [1.807, 2.05) is 30.3 Å². The number of hydrogen-bond donors (Lipinski definition) is 1. The van der Waals surface area contributed by atoms with Gasteiger partial charge < -0.3 is 9.84 Å². The van der Waals surface area contributed by atoms with E-state index >= 15 is 0 Å². The van der Waals surface area contributed by atoms with Crippen molar-refractivity contribution in [3.05, 3.63) is 53.3 Å². The number of carboxylic acid groups (broad SMARTS) is 1. The van der Waals surface area contributed by atoms with Crippen molar-refractivity contribution in [3.8, 4) is 0 Å². The number of ether oxygens (including phenoxy) is 1. The molecule has 0 unspecified atom stereocenters. The largest absolute Gasteiger partial charge is 0.478 e. The number of nitrogens with zero attached hydrogens (tertiary/aromatic N) is 2. The highest BCUT2D eigenvalue weighted by molar-refractivity contribution is 5.88. The van der Waals surface area contributed by atoms with Crippen LogP contribution < -0.4 is 0 Å². The van der Waals surface area contributed by atoms with Crippen LogP contribution >= 0.6 is 0 Å². The predicted molar refractivity (Wildman–Crippen MR) is 65.1 cm³/mol. The van der Waals surface area contributed by atoms with E-state index in [1.165, 1.54) is 10.9 Å². The van der Waals surface area contributed by atoms with Crippen LogP contribution in [0.4, 0.5) is 0 Å². The fraction of sp³-hybridized carbons (Fsp3) is 0.231. The number of carbonyl (C=O) groups is 1. The summed E-state index contributed by atoms with van der Waals surface area (Å²) in [5, 5.41) is 12.9. The van der Waals surface area contributed by atoms with Gasteiger partial charge in [0.25, 0.3) is 0 Å². The molecule has 5 nitrogen and oxygen atoms in total. The Labute approximate surface area is 105 Å². The maximum atomic E-state index is 11.0. The van der Waals surface area contributed by atoms with E-state index in [0.717, 1.165) is 5.56 Å². The van der Waals surface area contributed by atoms with E-state index in [0.29, 0.717) is 12.3 Å². The topological polar surface area (TPSA) is 64.4 Å². The molecule has 0 fully saturated rings. The lowest BCUT2D eigenvalue weighted by molar-refractivity contribution is 0.0681. The molecule has 2 rings (SSSR count). The average Bonchev–Trinajstić information content (AvgIpc) is 2.73. The summed E-state index contributed by atoms with van der Waals surface area (Å²) in [7, 11) is 1.70. The van der Waals surface area contributed by atoms with Crippen LogP contribution in [0.25, 0.3) is 0 Å². The second-order valence-corrected chi connectivity index (χ2v) is 3.91. The first-order valence-corrected chi connectivity index (χ1v) is 5.54. The molecule has 2 aromatic rings. The normalized spacial score (nSPS) is 10.5. The second-order valence-electron chi connectivity index (χ2n) is 3.91. The molecular formula is C13H14N2O3. The monoisotopic (exact) mass is 246 g/mol. The van der Waals surface area contributed by atoms with Crippen molar-refractivity contribution < 1.29 is 14.6 Å². The van der Waals surface area contributed by atoms with Gasteiger partial charge in [-0.05, 0) is 5.56 Å². The highest BCUT2D eigenvalue weighted by Gasteiger charge is 2.14. The van der Waals surface area contributed by atoms with Gasteiger partial charge in [-0.1, -0.05) is 30.3 Å². The number of carboxylic acids is 1. The summed E-state index contributed by atoms with van der Waals surface area (Å²) in [6.45, 7) is 0.679. The van der Waals surface area contributed by atoms with Gasteiger partial charge in [0, 0.05) is 7.05 Å². The van der Waals surface area contributed by atoms with Crippen molar-refractivity contribution in [2.45, 2.75) is 13.2 Å². The minimum Gasteiger partial charge on any atom is -0.478 e. The molecule has 1 N–H and O–H groups in total. The molecule has 0 aliphatic heterocycles. The molecular weight excluding hydrogens is 232 g/mol. The zero-order chi connectivity index (χ0) is 13.0. The van der Waals surface area contributed by atoms with Gasteiger partial charge in [-0.2, -0.15) is 5.10 Å². The Kier molecular flexibility index (Phi) is 3.74. The first-order chi connectivity index (χ1) is 8.68. The van der Waals surface area contributed by atoms with E-state index in [2.05, 4.69) is 5.10 Å². The number of hydrogen-bond acceptors (Lipinski definition) is 3. The minimum absolute atomic E-state index is 0.186. The Balaban J connectivity index is 1.98. The highest BCUT2D eigenvalue weighted by atomic mass is 16.5. The van der Waals surface area contributed by atoms with Gasteiger partial charge >= 0.3 is 5.97 Å². The van der Waals surface area contributed by atoms with Crippen molar-refractivity contribution >= 4 is 5.97 Å². The molecule has 0 aliphatic carbocycles. The predicted octanol–water partition coefficient (Wildman–Crippen LogP) is 1.84. The molecule has 0 saturated carbocycles.